The van der Waals surface area contributed by atoms with Crippen LogP contribution in [0.1, 0.15) is 54.8 Å². The largest absolute Gasteiger partial charge is 0.453 e. The lowest BCUT2D eigenvalue weighted by Gasteiger charge is -2.14. The van der Waals surface area contributed by atoms with Crippen molar-refractivity contribution in [3.05, 3.63) is 23.7 Å². The van der Waals surface area contributed by atoms with Gasteiger partial charge in [0.25, 0.3) is 5.91 Å². The van der Waals surface area contributed by atoms with Crippen molar-refractivity contribution < 1.29 is 27.1 Å². The minimum atomic E-state index is -4.37. The normalized spacial score (nSPS) is 17.2. The summed E-state index contributed by atoms with van der Waals surface area (Å²) in [7, 11) is 0. The number of ether oxygens (including phenoxy) is 1. The number of amides is 1. The Kier molecular flexibility index (Phi) is 5.88. The number of halogens is 3. The molecule has 1 aromatic heterocycles. The minimum absolute atomic E-state index is 0.106. The highest BCUT2D eigenvalue weighted by atomic mass is 19.4. The van der Waals surface area contributed by atoms with E-state index in [-0.39, 0.29) is 30.1 Å². The molecule has 7 heteroatoms. The van der Waals surface area contributed by atoms with E-state index in [0.717, 1.165) is 25.7 Å². The van der Waals surface area contributed by atoms with Crippen LogP contribution in [-0.2, 0) is 11.3 Å². The van der Waals surface area contributed by atoms with E-state index in [2.05, 4.69) is 10.1 Å². The quantitative estimate of drug-likeness (QED) is 0.840. The molecule has 0 saturated heterocycles. The molecular weight excluding hydrogens is 299 g/mol. The van der Waals surface area contributed by atoms with Gasteiger partial charge >= 0.3 is 6.18 Å². The zero-order valence-corrected chi connectivity index (χ0v) is 12.2. The monoisotopic (exact) mass is 319 g/mol. The summed E-state index contributed by atoms with van der Waals surface area (Å²) in [4.78, 5) is 12.0. The summed E-state index contributed by atoms with van der Waals surface area (Å²) >= 11 is 0. The molecule has 4 nitrogen and oxygen atoms in total. The van der Waals surface area contributed by atoms with E-state index in [1.54, 1.807) is 0 Å². The summed E-state index contributed by atoms with van der Waals surface area (Å²) in [5.41, 5.74) is 0. The molecule has 1 saturated carbocycles. The fourth-order valence-electron chi connectivity index (χ4n) is 2.53. The van der Waals surface area contributed by atoms with Crippen molar-refractivity contribution in [2.24, 2.45) is 0 Å². The SMILES string of the molecule is O=C(NC1CCCCCC1)c1ccc(COCC(F)(F)F)o1. The Morgan fingerprint density at radius 1 is 1.23 bits per heavy atom. The summed E-state index contributed by atoms with van der Waals surface area (Å²) in [6, 6.07) is 3.06. The molecule has 0 aromatic carbocycles. The third-order valence-electron chi connectivity index (χ3n) is 3.59. The molecule has 0 spiro atoms. The molecule has 1 heterocycles. The van der Waals surface area contributed by atoms with E-state index >= 15 is 0 Å². The third-order valence-corrected chi connectivity index (χ3v) is 3.59. The number of hydrogen-bond donors (Lipinski definition) is 1. The van der Waals surface area contributed by atoms with Crippen LogP contribution in [0.3, 0.4) is 0 Å². The van der Waals surface area contributed by atoms with Crippen LogP contribution >= 0.6 is 0 Å². The average molecular weight is 319 g/mol. The maximum Gasteiger partial charge on any atom is 0.411 e. The van der Waals surface area contributed by atoms with E-state index in [0.29, 0.717) is 0 Å². The Labute approximate surface area is 127 Å². The first-order valence-electron chi connectivity index (χ1n) is 7.48. The summed E-state index contributed by atoms with van der Waals surface area (Å²) in [5.74, 6) is -0.0147. The second-order valence-electron chi connectivity index (χ2n) is 5.54. The molecule has 2 rings (SSSR count). The van der Waals surface area contributed by atoms with Gasteiger partial charge in [-0.3, -0.25) is 4.79 Å². The lowest BCUT2D eigenvalue weighted by atomic mass is 10.1. The number of alkyl halides is 3. The first kappa shape index (κ1) is 16.9. The van der Waals surface area contributed by atoms with Crippen molar-refractivity contribution in [1.82, 2.24) is 5.32 Å². The highest BCUT2D eigenvalue weighted by Crippen LogP contribution is 2.19. The fourth-order valence-corrected chi connectivity index (χ4v) is 2.53. The molecule has 1 aromatic rings. The number of nitrogens with one attached hydrogen (secondary N) is 1. The molecule has 0 unspecified atom stereocenters. The number of carbonyl (C=O) groups excluding carboxylic acids is 1. The highest BCUT2D eigenvalue weighted by Gasteiger charge is 2.27. The number of rotatable bonds is 5. The van der Waals surface area contributed by atoms with Crippen molar-refractivity contribution >= 4 is 5.91 Å². The molecule has 124 valence electrons. The van der Waals surface area contributed by atoms with E-state index in [1.807, 2.05) is 0 Å². The van der Waals surface area contributed by atoms with Crippen LogP contribution in [-0.4, -0.2) is 24.7 Å². The third kappa shape index (κ3) is 5.71. The molecule has 0 aliphatic heterocycles. The average Bonchev–Trinajstić information content (AvgIpc) is 2.75. The van der Waals surface area contributed by atoms with Gasteiger partial charge < -0.3 is 14.5 Å². The number of furan rings is 1. The zero-order valence-electron chi connectivity index (χ0n) is 12.2. The van der Waals surface area contributed by atoms with Gasteiger partial charge in [0.15, 0.2) is 5.76 Å². The minimum Gasteiger partial charge on any atom is -0.453 e. The van der Waals surface area contributed by atoms with Gasteiger partial charge in [0.2, 0.25) is 0 Å². The van der Waals surface area contributed by atoms with Crippen LogP contribution in [0, 0.1) is 0 Å². The van der Waals surface area contributed by atoms with Crippen molar-refractivity contribution in [3.63, 3.8) is 0 Å². The second-order valence-corrected chi connectivity index (χ2v) is 5.54. The van der Waals surface area contributed by atoms with Crippen LogP contribution in [0.5, 0.6) is 0 Å². The van der Waals surface area contributed by atoms with E-state index in [4.69, 9.17) is 4.42 Å². The first-order chi connectivity index (χ1) is 10.4. The van der Waals surface area contributed by atoms with Crippen molar-refractivity contribution in [2.45, 2.75) is 57.3 Å². The van der Waals surface area contributed by atoms with E-state index in [1.165, 1.54) is 25.0 Å². The van der Waals surface area contributed by atoms with Gasteiger partial charge in [-0.05, 0) is 25.0 Å². The predicted molar refractivity (Wildman–Crippen MR) is 73.4 cm³/mol. The topological polar surface area (TPSA) is 51.5 Å². The summed E-state index contributed by atoms with van der Waals surface area (Å²) in [5, 5.41) is 2.92. The molecule has 0 atom stereocenters. The van der Waals surface area contributed by atoms with Gasteiger partial charge in [0.1, 0.15) is 19.0 Å². The van der Waals surface area contributed by atoms with E-state index in [9.17, 15) is 18.0 Å². The maximum atomic E-state index is 12.0. The Balaban J connectivity index is 1.80. The van der Waals surface area contributed by atoms with Gasteiger partial charge in [-0.15, -0.1) is 0 Å². The van der Waals surface area contributed by atoms with Gasteiger partial charge in [0, 0.05) is 6.04 Å². The van der Waals surface area contributed by atoms with Crippen LogP contribution in [0.4, 0.5) is 13.2 Å². The molecule has 1 aliphatic carbocycles. The Hall–Kier alpha value is -1.50. The predicted octanol–water partition coefficient (Wildman–Crippen LogP) is 3.81. The Morgan fingerprint density at radius 2 is 1.91 bits per heavy atom. The number of hydrogen-bond acceptors (Lipinski definition) is 3. The van der Waals surface area contributed by atoms with E-state index < -0.39 is 12.8 Å². The summed E-state index contributed by atoms with van der Waals surface area (Å²) in [6.07, 6.45) is 2.11. The molecule has 1 aliphatic rings. The van der Waals surface area contributed by atoms with Crippen LogP contribution in [0.15, 0.2) is 16.5 Å². The Morgan fingerprint density at radius 3 is 2.55 bits per heavy atom. The first-order valence-corrected chi connectivity index (χ1v) is 7.48. The van der Waals surface area contributed by atoms with Crippen molar-refractivity contribution in [1.29, 1.82) is 0 Å². The lowest BCUT2D eigenvalue weighted by Crippen LogP contribution is -2.34. The maximum absolute atomic E-state index is 12.0. The van der Waals surface area contributed by atoms with Gasteiger partial charge in [0.05, 0.1) is 0 Å². The van der Waals surface area contributed by atoms with Crippen molar-refractivity contribution in [3.8, 4) is 0 Å². The molecule has 1 fully saturated rings. The number of carbonyl (C=O) groups is 1. The molecular formula is C15H20F3NO3. The van der Waals surface area contributed by atoms with Crippen LogP contribution < -0.4 is 5.32 Å². The smallest absolute Gasteiger partial charge is 0.411 e. The van der Waals surface area contributed by atoms with Gasteiger partial charge in [-0.2, -0.15) is 13.2 Å². The summed E-state index contributed by atoms with van der Waals surface area (Å²) < 4.78 is 45.6. The molecule has 22 heavy (non-hydrogen) atoms. The van der Waals surface area contributed by atoms with Gasteiger partial charge in [-0.25, -0.2) is 0 Å². The molecule has 0 radical (unpaired) electrons. The lowest BCUT2D eigenvalue weighted by molar-refractivity contribution is -0.177. The standard InChI is InChI=1S/C15H20F3NO3/c16-15(17,18)10-21-9-12-7-8-13(22-12)14(20)19-11-5-3-1-2-4-6-11/h7-8,11H,1-6,9-10H2,(H,19,20). The van der Waals surface area contributed by atoms with Crippen LogP contribution in [0.2, 0.25) is 0 Å². The second kappa shape index (κ2) is 7.67. The summed E-state index contributed by atoms with van der Waals surface area (Å²) in [6.45, 7) is -1.65. The van der Waals surface area contributed by atoms with Crippen molar-refractivity contribution in [2.75, 3.05) is 6.61 Å². The molecule has 1 N–H and O–H groups in total. The van der Waals surface area contributed by atoms with Gasteiger partial charge in [-0.1, -0.05) is 25.7 Å². The zero-order chi connectivity index (χ0) is 16.0. The van der Waals surface area contributed by atoms with Crippen LogP contribution in [0.25, 0.3) is 0 Å². The Bertz CT molecular complexity index is 477. The highest BCUT2D eigenvalue weighted by molar-refractivity contribution is 5.91. The molecule has 0 bridgehead atoms. The fraction of sp³-hybridized carbons (Fsp3) is 0.667. The molecule has 1 amide bonds.